The summed E-state index contributed by atoms with van der Waals surface area (Å²) in [5.74, 6) is 1.97. The lowest BCUT2D eigenvalue weighted by molar-refractivity contribution is 0.408. The van der Waals surface area contributed by atoms with Crippen molar-refractivity contribution in [2.45, 2.75) is 33.7 Å². The molecule has 0 amide bonds. The molecular formula is C15H20N2O. The first-order valence-electron chi connectivity index (χ1n) is 6.23. The molecule has 2 aromatic rings. The van der Waals surface area contributed by atoms with Gasteiger partial charge in [-0.3, -0.25) is 0 Å². The van der Waals surface area contributed by atoms with Gasteiger partial charge in [0.15, 0.2) is 0 Å². The quantitative estimate of drug-likeness (QED) is 0.822. The van der Waals surface area contributed by atoms with Crippen LogP contribution >= 0.6 is 0 Å². The van der Waals surface area contributed by atoms with Gasteiger partial charge in [-0.1, -0.05) is 0 Å². The zero-order valence-corrected chi connectivity index (χ0v) is 11.7. The zero-order valence-electron chi connectivity index (χ0n) is 11.7. The molecule has 0 radical (unpaired) electrons. The normalized spacial score (nSPS) is 11.0. The van der Waals surface area contributed by atoms with Crippen LogP contribution in [0.1, 0.15) is 31.0 Å². The van der Waals surface area contributed by atoms with Crippen molar-refractivity contribution in [2.24, 2.45) is 0 Å². The molecule has 0 N–H and O–H groups in total. The number of hydrogen-bond donors (Lipinski definition) is 0. The number of aromatic nitrogens is 2. The van der Waals surface area contributed by atoms with Crippen LogP contribution in [0.2, 0.25) is 0 Å². The van der Waals surface area contributed by atoms with Crippen LogP contribution in [0.4, 0.5) is 0 Å². The predicted molar refractivity (Wildman–Crippen MR) is 74.1 cm³/mol. The van der Waals surface area contributed by atoms with Crippen molar-refractivity contribution in [1.82, 2.24) is 9.55 Å². The number of hydrogen-bond acceptors (Lipinski definition) is 2. The van der Waals surface area contributed by atoms with Crippen LogP contribution in [-0.4, -0.2) is 16.7 Å². The summed E-state index contributed by atoms with van der Waals surface area (Å²) < 4.78 is 7.58. The van der Waals surface area contributed by atoms with E-state index >= 15 is 0 Å². The summed E-state index contributed by atoms with van der Waals surface area (Å²) in [6.07, 6.45) is 3.87. The molecule has 18 heavy (non-hydrogen) atoms. The van der Waals surface area contributed by atoms with Gasteiger partial charge < -0.3 is 9.30 Å². The molecule has 0 atom stereocenters. The molecule has 2 rings (SSSR count). The number of ether oxygens (including phenoxy) is 1. The number of benzene rings is 1. The maximum atomic E-state index is 5.40. The molecule has 0 aliphatic carbocycles. The Kier molecular flexibility index (Phi) is 3.41. The fraction of sp³-hybridized carbons (Fsp3) is 0.400. The van der Waals surface area contributed by atoms with Crippen molar-refractivity contribution in [3.05, 3.63) is 35.7 Å². The van der Waals surface area contributed by atoms with E-state index in [4.69, 9.17) is 4.74 Å². The van der Waals surface area contributed by atoms with Crippen molar-refractivity contribution in [1.29, 1.82) is 0 Å². The fourth-order valence-corrected chi connectivity index (χ4v) is 2.35. The van der Waals surface area contributed by atoms with Gasteiger partial charge in [-0.2, -0.15) is 0 Å². The lowest BCUT2D eigenvalue weighted by Crippen LogP contribution is -2.02. The summed E-state index contributed by atoms with van der Waals surface area (Å²) >= 11 is 0. The molecule has 1 heterocycles. The second-order valence-electron chi connectivity index (χ2n) is 4.90. The van der Waals surface area contributed by atoms with Crippen molar-refractivity contribution < 1.29 is 4.74 Å². The number of aryl methyl sites for hydroxylation is 2. The topological polar surface area (TPSA) is 27.1 Å². The van der Waals surface area contributed by atoms with Gasteiger partial charge in [-0.25, -0.2) is 4.98 Å². The Balaban J connectivity index is 2.55. The standard InChI is InChI=1S/C15H20N2O/c1-10(2)17-7-6-16-15(17)13-8-11(3)14(18-5)12(4)9-13/h6-10H,1-5H3. The number of nitrogens with zero attached hydrogens (tertiary/aromatic N) is 2. The highest BCUT2D eigenvalue weighted by atomic mass is 16.5. The number of imidazole rings is 1. The molecule has 0 unspecified atom stereocenters. The Bertz CT molecular complexity index is 532. The van der Waals surface area contributed by atoms with E-state index in [-0.39, 0.29) is 0 Å². The van der Waals surface area contributed by atoms with E-state index in [1.54, 1.807) is 7.11 Å². The van der Waals surface area contributed by atoms with E-state index in [0.29, 0.717) is 6.04 Å². The molecule has 3 heteroatoms. The summed E-state index contributed by atoms with van der Waals surface area (Å²) in [7, 11) is 1.71. The Hall–Kier alpha value is -1.77. The Labute approximate surface area is 108 Å². The molecule has 0 aliphatic heterocycles. The molecule has 0 fully saturated rings. The Morgan fingerprint density at radius 3 is 2.28 bits per heavy atom. The van der Waals surface area contributed by atoms with E-state index in [1.165, 1.54) is 0 Å². The monoisotopic (exact) mass is 244 g/mol. The highest BCUT2D eigenvalue weighted by Gasteiger charge is 2.12. The molecule has 0 saturated carbocycles. The number of rotatable bonds is 3. The SMILES string of the molecule is COc1c(C)cc(-c2nccn2C(C)C)cc1C. The van der Waals surface area contributed by atoms with Gasteiger partial charge in [0, 0.05) is 24.0 Å². The predicted octanol–water partition coefficient (Wildman–Crippen LogP) is 3.76. The lowest BCUT2D eigenvalue weighted by atomic mass is 10.0. The molecule has 1 aromatic carbocycles. The van der Waals surface area contributed by atoms with Crippen LogP contribution in [0.5, 0.6) is 5.75 Å². The molecule has 96 valence electrons. The second-order valence-corrected chi connectivity index (χ2v) is 4.90. The molecular weight excluding hydrogens is 224 g/mol. The third-order valence-electron chi connectivity index (χ3n) is 3.15. The number of methoxy groups -OCH3 is 1. The van der Waals surface area contributed by atoms with Crippen LogP contribution in [0.3, 0.4) is 0 Å². The maximum Gasteiger partial charge on any atom is 0.140 e. The fourth-order valence-electron chi connectivity index (χ4n) is 2.35. The lowest BCUT2D eigenvalue weighted by Gasteiger charge is -2.14. The summed E-state index contributed by atoms with van der Waals surface area (Å²) in [6.45, 7) is 8.46. The van der Waals surface area contributed by atoms with E-state index < -0.39 is 0 Å². The van der Waals surface area contributed by atoms with Gasteiger partial charge in [0.05, 0.1) is 7.11 Å². The third-order valence-corrected chi connectivity index (χ3v) is 3.15. The van der Waals surface area contributed by atoms with Gasteiger partial charge >= 0.3 is 0 Å². The zero-order chi connectivity index (χ0) is 13.3. The van der Waals surface area contributed by atoms with Crippen molar-refractivity contribution >= 4 is 0 Å². The van der Waals surface area contributed by atoms with E-state index in [1.807, 2.05) is 12.4 Å². The van der Waals surface area contributed by atoms with Crippen LogP contribution in [-0.2, 0) is 0 Å². The van der Waals surface area contributed by atoms with Crippen LogP contribution in [0, 0.1) is 13.8 Å². The van der Waals surface area contributed by atoms with Gasteiger partial charge in [0.25, 0.3) is 0 Å². The summed E-state index contributed by atoms with van der Waals surface area (Å²) in [6, 6.07) is 4.67. The summed E-state index contributed by atoms with van der Waals surface area (Å²) in [4.78, 5) is 4.47. The molecule has 0 spiro atoms. The minimum atomic E-state index is 0.408. The van der Waals surface area contributed by atoms with Crippen molar-refractivity contribution in [3.8, 4) is 17.1 Å². The maximum absolute atomic E-state index is 5.40. The van der Waals surface area contributed by atoms with E-state index in [0.717, 1.165) is 28.3 Å². The minimum absolute atomic E-state index is 0.408. The average Bonchev–Trinajstić information content (AvgIpc) is 2.77. The third kappa shape index (κ3) is 2.13. The smallest absolute Gasteiger partial charge is 0.140 e. The summed E-state index contributed by atoms with van der Waals surface area (Å²) in [5.41, 5.74) is 3.43. The molecule has 0 saturated heterocycles. The van der Waals surface area contributed by atoms with Gasteiger partial charge in [0.1, 0.15) is 11.6 Å². The molecule has 3 nitrogen and oxygen atoms in total. The van der Waals surface area contributed by atoms with Crippen molar-refractivity contribution in [3.63, 3.8) is 0 Å². The molecule has 0 aliphatic rings. The highest BCUT2D eigenvalue weighted by molar-refractivity contribution is 5.62. The highest BCUT2D eigenvalue weighted by Crippen LogP contribution is 2.30. The minimum Gasteiger partial charge on any atom is -0.496 e. The van der Waals surface area contributed by atoms with Crippen LogP contribution in [0.25, 0.3) is 11.4 Å². The van der Waals surface area contributed by atoms with Gasteiger partial charge in [0.2, 0.25) is 0 Å². The molecule has 0 bridgehead atoms. The van der Waals surface area contributed by atoms with E-state index in [9.17, 15) is 0 Å². The van der Waals surface area contributed by atoms with E-state index in [2.05, 4.69) is 49.4 Å². The Morgan fingerprint density at radius 1 is 1.17 bits per heavy atom. The largest absolute Gasteiger partial charge is 0.496 e. The van der Waals surface area contributed by atoms with Crippen LogP contribution in [0.15, 0.2) is 24.5 Å². The molecule has 1 aromatic heterocycles. The van der Waals surface area contributed by atoms with Gasteiger partial charge in [-0.05, 0) is 51.0 Å². The van der Waals surface area contributed by atoms with Gasteiger partial charge in [-0.15, -0.1) is 0 Å². The van der Waals surface area contributed by atoms with Crippen LogP contribution < -0.4 is 4.74 Å². The van der Waals surface area contributed by atoms with Crippen molar-refractivity contribution in [2.75, 3.05) is 7.11 Å². The summed E-state index contributed by atoms with van der Waals surface area (Å²) in [5, 5.41) is 0. The second kappa shape index (κ2) is 4.84. The Morgan fingerprint density at radius 2 is 1.78 bits per heavy atom. The first-order chi connectivity index (χ1) is 8.54. The first kappa shape index (κ1) is 12.7. The average molecular weight is 244 g/mol. The first-order valence-corrected chi connectivity index (χ1v) is 6.23.